The van der Waals surface area contributed by atoms with Gasteiger partial charge in [0.1, 0.15) is 5.75 Å². The third kappa shape index (κ3) is 5.44. The van der Waals surface area contributed by atoms with E-state index < -0.39 is 5.97 Å². The van der Waals surface area contributed by atoms with Gasteiger partial charge in [0.05, 0.1) is 6.54 Å². The van der Waals surface area contributed by atoms with Gasteiger partial charge in [-0.3, -0.25) is 19.2 Å². The predicted octanol–water partition coefficient (Wildman–Crippen LogP) is 1.33. The molecule has 1 saturated heterocycles. The number of amides is 3. The van der Waals surface area contributed by atoms with E-state index in [0.717, 1.165) is 0 Å². The van der Waals surface area contributed by atoms with Gasteiger partial charge in [0.2, 0.25) is 5.91 Å². The molecule has 3 rings (SSSR count). The minimum absolute atomic E-state index is 0.0912. The Morgan fingerprint density at radius 1 is 0.867 bits per heavy atom. The Hall–Kier alpha value is -3.68. The first-order valence-electron chi connectivity index (χ1n) is 9.63. The van der Waals surface area contributed by atoms with Gasteiger partial charge in [-0.1, -0.05) is 24.3 Å². The third-order valence-electron chi connectivity index (χ3n) is 4.70. The molecule has 0 radical (unpaired) electrons. The largest absolute Gasteiger partial charge is 0.427 e. The molecule has 0 unspecified atom stereocenters. The van der Waals surface area contributed by atoms with Gasteiger partial charge in [0, 0.05) is 44.2 Å². The maximum atomic E-state index is 12.7. The maximum Gasteiger partial charge on any atom is 0.308 e. The highest BCUT2D eigenvalue weighted by atomic mass is 16.5. The summed E-state index contributed by atoms with van der Waals surface area (Å²) in [5.74, 6) is -0.815. The van der Waals surface area contributed by atoms with E-state index in [9.17, 15) is 19.2 Å². The van der Waals surface area contributed by atoms with Crippen molar-refractivity contribution < 1.29 is 23.9 Å². The van der Waals surface area contributed by atoms with Crippen LogP contribution in [0.25, 0.3) is 0 Å². The maximum absolute atomic E-state index is 12.7. The summed E-state index contributed by atoms with van der Waals surface area (Å²) in [6.45, 7) is 2.74. The number of nitrogens with one attached hydrogen (secondary N) is 1. The summed E-state index contributed by atoms with van der Waals surface area (Å²) in [4.78, 5) is 51.5. The van der Waals surface area contributed by atoms with E-state index in [1.165, 1.54) is 13.0 Å². The molecular weight excluding hydrogens is 386 g/mol. The molecule has 1 aliphatic heterocycles. The van der Waals surface area contributed by atoms with Crippen molar-refractivity contribution in [2.45, 2.75) is 6.92 Å². The summed E-state index contributed by atoms with van der Waals surface area (Å²) >= 11 is 0. The second-order valence-electron chi connectivity index (χ2n) is 6.84. The standard InChI is InChI=1S/C22H23N3O5/c1-16(26)30-19-9-5-8-18(14-19)22(29)25-12-10-24(11-13-25)20(27)15-23-21(28)17-6-3-2-4-7-17/h2-9,14H,10-13,15H2,1H3,(H,23,28). The number of nitrogens with zero attached hydrogens (tertiary/aromatic N) is 2. The van der Waals surface area contributed by atoms with Crippen molar-refractivity contribution in [2.24, 2.45) is 0 Å². The van der Waals surface area contributed by atoms with E-state index in [2.05, 4.69) is 5.32 Å². The molecule has 2 aromatic rings. The fourth-order valence-corrected chi connectivity index (χ4v) is 3.16. The van der Waals surface area contributed by atoms with Gasteiger partial charge >= 0.3 is 5.97 Å². The summed E-state index contributed by atoms with van der Waals surface area (Å²) in [5, 5.41) is 2.63. The molecule has 8 nitrogen and oxygen atoms in total. The van der Waals surface area contributed by atoms with Crippen molar-refractivity contribution in [2.75, 3.05) is 32.7 Å². The SMILES string of the molecule is CC(=O)Oc1cccc(C(=O)N2CCN(C(=O)CNC(=O)c3ccccc3)CC2)c1. The van der Waals surface area contributed by atoms with Crippen molar-refractivity contribution >= 4 is 23.7 Å². The van der Waals surface area contributed by atoms with E-state index in [1.807, 2.05) is 6.07 Å². The lowest BCUT2D eigenvalue weighted by atomic mass is 10.1. The van der Waals surface area contributed by atoms with E-state index in [0.29, 0.717) is 43.1 Å². The van der Waals surface area contributed by atoms with Crippen LogP contribution in [-0.2, 0) is 9.59 Å². The normalized spacial score (nSPS) is 13.5. The average molecular weight is 409 g/mol. The third-order valence-corrected chi connectivity index (χ3v) is 4.70. The number of rotatable bonds is 5. The summed E-state index contributed by atoms with van der Waals surface area (Å²) in [5.41, 5.74) is 0.917. The Balaban J connectivity index is 1.49. The fraction of sp³-hybridized carbons (Fsp3) is 0.273. The van der Waals surface area contributed by atoms with Crippen LogP contribution in [0.15, 0.2) is 54.6 Å². The smallest absolute Gasteiger partial charge is 0.308 e. The summed E-state index contributed by atoms with van der Waals surface area (Å²) in [6, 6.07) is 15.1. The zero-order valence-corrected chi connectivity index (χ0v) is 16.7. The van der Waals surface area contributed by atoms with Gasteiger partial charge in [-0.2, -0.15) is 0 Å². The highest BCUT2D eigenvalue weighted by Crippen LogP contribution is 2.16. The van der Waals surface area contributed by atoms with Crippen LogP contribution in [-0.4, -0.2) is 66.2 Å². The van der Waals surface area contributed by atoms with Crippen molar-refractivity contribution in [3.63, 3.8) is 0 Å². The van der Waals surface area contributed by atoms with Crippen LogP contribution >= 0.6 is 0 Å². The molecule has 0 atom stereocenters. The second kappa shape index (κ2) is 9.69. The molecular formula is C22H23N3O5. The molecule has 1 fully saturated rings. The van der Waals surface area contributed by atoms with Gasteiger partial charge in [-0.25, -0.2) is 0 Å². The molecule has 0 spiro atoms. The molecule has 0 aliphatic carbocycles. The number of hydrogen-bond acceptors (Lipinski definition) is 5. The van der Waals surface area contributed by atoms with Crippen LogP contribution < -0.4 is 10.1 Å². The van der Waals surface area contributed by atoms with Crippen molar-refractivity contribution in [3.05, 3.63) is 65.7 Å². The van der Waals surface area contributed by atoms with Gasteiger partial charge in [-0.05, 0) is 30.3 Å². The Bertz CT molecular complexity index is 937. The van der Waals surface area contributed by atoms with Crippen molar-refractivity contribution in [1.29, 1.82) is 0 Å². The summed E-state index contributed by atoms with van der Waals surface area (Å²) in [7, 11) is 0. The lowest BCUT2D eigenvalue weighted by Gasteiger charge is -2.35. The van der Waals surface area contributed by atoms with Crippen molar-refractivity contribution in [3.8, 4) is 5.75 Å². The molecule has 1 aliphatic rings. The topological polar surface area (TPSA) is 96.0 Å². The monoisotopic (exact) mass is 409 g/mol. The Labute approximate surface area is 174 Å². The summed E-state index contributed by atoms with van der Waals surface area (Å²) in [6.07, 6.45) is 0. The molecule has 3 amide bonds. The molecule has 0 bridgehead atoms. The Kier molecular flexibility index (Phi) is 6.79. The number of esters is 1. The van der Waals surface area contributed by atoms with E-state index in [-0.39, 0.29) is 24.3 Å². The lowest BCUT2D eigenvalue weighted by molar-refractivity contribution is -0.132. The first kappa shape index (κ1) is 21.0. The van der Waals surface area contributed by atoms with Crippen LogP contribution in [0.5, 0.6) is 5.75 Å². The van der Waals surface area contributed by atoms with Crippen LogP contribution in [0.4, 0.5) is 0 Å². The van der Waals surface area contributed by atoms with Gasteiger partial charge in [-0.15, -0.1) is 0 Å². The molecule has 1 N–H and O–H groups in total. The second-order valence-corrected chi connectivity index (χ2v) is 6.84. The van der Waals surface area contributed by atoms with E-state index in [1.54, 1.807) is 52.3 Å². The lowest BCUT2D eigenvalue weighted by Crippen LogP contribution is -2.52. The van der Waals surface area contributed by atoms with Crippen LogP contribution in [0.1, 0.15) is 27.6 Å². The quantitative estimate of drug-likeness (QED) is 0.594. The zero-order valence-electron chi connectivity index (χ0n) is 16.7. The molecule has 0 saturated carbocycles. The number of ether oxygens (including phenoxy) is 1. The van der Waals surface area contributed by atoms with Crippen molar-refractivity contribution in [1.82, 2.24) is 15.1 Å². The minimum Gasteiger partial charge on any atom is -0.427 e. The zero-order chi connectivity index (χ0) is 21.5. The predicted molar refractivity (Wildman–Crippen MR) is 109 cm³/mol. The molecule has 8 heteroatoms. The number of benzene rings is 2. The number of carbonyl (C=O) groups is 4. The van der Waals surface area contributed by atoms with Crippen LogP contribution in [0.2, 0.25) is 0 Å². The van der Waals surface area contributed by atoms with Crippen LogP contribution in [0.3, 0.4) is 0 Å². The van der Waals surface area contributed by atoms with Gasteiger partial charge < -0.3 is 19.9 Å². The molecule has 30 heavy (non-hydrogen) atoms. The Morgan fingerprint density at radius 3 is 2.17 bits per heavy atom. The minimum atomic E-state index is -0.453. The average Bonchev–Trinajstić information content (AvgIpc) is 2.77. The molecule has 156 valence electrons. The van der Waals surface area contributed by atoms with Gasteiger partial charge in [0.25, 0.3) is 11.8 Å². The van der Waals surface area contributed by atoms with Gasteiger partial charge in [0.15, 0.2) is 0 Å². The van der Waals surface area contributed by atoms with E-state index >= 15 is 0 Å². The molecule has 2 aromatic carbocycles. The fourth-order valence-electron chi connectivity index (χ4n) is 3.16. The molecule has 1 heterocycles. The number of carbonyl (C=O) groups excluding carboxylic acids is 4. The number of piperazine rings is 1. The highest BCUT2D eigenvalue weighted by molar-refractivity contribution is 5.97. The van der Waals surface area contributed by atoms with E-state index in [4.69, 9.17) is 4.74 Å². The first-order chi connectivity index (χ1) is 14.4. The molecule has 0 aromatic heterocycles. The Morgan fingerprint density at radius 2 is 1.50 bits per heavy atom. The number of hydrogen-bond donors (Lipinski definition) is 1. The first-order valence-corrected chi connectivity index (χ1v) is 9.63. The summed E-state index contributed by atoms with van der Waals surface area (Å²) < 4.78 is 5.02. The highest BCUT2D eigenvalue weighted by Gasteiger charge is 2.25. The van der Waals surface area contributed by atoms with Crippen LogP contribution in [0, 0.1) is 0 Å².